The number of halogens is 2. The number of carbonyl (C=O) groups excluding carboxylic acids is 1. The van der Waals surface area contributed by atoms with Crippen LogP contribution in [0.1, 0.15) is 23.2 Å². The van der Waals surface area contributed by atoms with Crippen molar-refractivity contribution < 1.29 is 13.6 Å². The Morgan fingerprint density at radius 3 is 2.45 bits per heavy atom. The number of benzene rings is 2. The Kier molecular flexibility index (Phi) is 5.30. The normalized spacial score (nSPS) is 10.5. The SMILES string of the molecule is O=C(CCCSc1cccc(F)c1)c1ccc(F)cc1. The number of rotatable bonds is 6. The van der Waals surface area contributed by atoms with E-state index in [2.05, 4.69) is 0 Å². The third-order valence-corrected chi connectivity index (χ3v) is 3.86. The quantitative estimate of drug-likeness (QED) is 0.435. The highest BCUT2D eigenvalue weighted by Gasteiger charge is 2.05. The Morgan fingerprint density at radius 1 is 1.00 bits per heavy atom. The summed E-state index contributed by atoms with van der Waals surface area (Å²) in [5.41, 5.74) is 0.530. The fraction of sp³-hybridized carbons (Fsp3) is 0.188. The third kappa shape index (κ3) is 4.46. The van der Waals surface area contributed by atoms with Crippen LogP contribution in [0.15, 0.2) is 53.4 Å². The average molecular weight is 292 g/mol. The summed E-state index contributed by atoms with van der Waals surface area (Å²) < 4.78 is 25.7. The topological polar surface area (TPSA) is 17.1 Å². The zero-order valence-corrected chi connectivity index (χ0v) is 11.6. The minimum atomic E-state index is -0.344. The zero-order valence-electron chi connectivity index (χ0n) is 10.8. The molecule has 20 heavy (non-hydrogen) atoms. The fourth-order valence-corrected chi connectivity index (χ4v) is 2.65. The summed E-state index contributed by atoms with van der Waals surface area (Å²) in [7, 11) is 0. The summed E-state index contributed by atoms with van der Waals surface area (Å²) in [6.45, 7) is 0. The fourth-order valence-electron chi connectivity index (χ4n) is 1.76. The molecule has 1 nitrogen and oxygen atoms in total. The molecule has 104 valence electrons. The molecule has 0 saturated heterocycles. The second kappa shape index (κ2) is 7.20. The van der Waals surface area contributed by atoms with Crippen molar-refractivity contribution in [2.75, 3.05) is 5.75 Å². The van der Waals surface area contributed by atoms with Crippen LogP contribution in [0.4, 0.5) is 8.78 Å². The van der Waals surface area contributed by atoms with Crippen molar-refractivity contribution in [1.29, 1.82) is 0 Å². The van der Waals surface area contributed by atoms with Gasteiger partial charge in [-0.1, -0.05) is 6.07 Å². The molecule has 0 aromatic heterocycles. The molecule has 0 heterocycles. The number of thioether (sulfide) groups is 1. The number of ketones is 1. The molecule has 4 heteroatoms. The minimum absolute atomic E-state index is 0.00448. The van der Waals surface area contributed by atoms with Crippen LogP contribution in [-0.2, 0) is 0 Å². The van der Waals surface area contributed by atoms with Gasteiger partial charge in [0.05, 0.1) is 0 Å². The van der Waals surface area contributed by atoms with Crippen molar-refractivity contribution in [1.82, 2.24) is 0 Å². The van der Waals surface area contributed by atoms with Crippen molar-refractivity contribution in [3.05, 3.63) is 65.7 Å². The van der Waals surface area contributed by atoms with Gasteiger partial charge >= 0.3 is 0 Å². The molecule has 0 spiro atoms. The lowest BCUT2D eigenvalue weighted by Crippen LogP contribution is -1.99. The van der Waals surface area contributed by atoms with Gasteiger partial charge in [-0.05, 0) is 54.6 Å². The van der Waals surface area contributed by atoms with Gasteiger partial charge in [-0.3, -0.25) is 4.79 Å². The highest BCUT2D eigenvalue weighted by atomic mass is 32.2. The summed E-state index contributed by atoms with van der Waals surface area (Å²) in [5, 5.41) is 0. The highest BCUT2D eigenvalue weighted by Crippen LogP contribution is 2.20. The number of carbonyl (C=O) groups is 1. The Balaban J connectivity index is 1.76. The number of hydrogen-bond acceptors (Lipinski definition) is 2. The first-order valence-corrected chi connectivity index (χ1v) is 7.31. The van der Waals surface area contributed by atoms with Crippen LogP contribution in [-0.4, -0.2) is 11.5 Å². The van der Waals surface area contributed by atoms with E-state index in [0.717, 1.165) is 10.6 Å². The van der Waals surface area contributed by atoms with E-state index in [9.17, 15) is 13.6 Å². The first kappa shape index (κ1) is 14.7. The third-order valence-electron chi connectivity index (χ3n) is 2.78. The molecule has 0 saturated carbocycles. The molecular weight excluding hydrogens is 278 g/mol. The summed E-state index contributed by atoms with van der Waals surface area (Å²) in [6, 6.07) is 12.0. The monoisotopic (exact) mass is 292 g/mol. The summed E-state index contributed by atoms with van der Waals surface area (Å²) in [5.74, 6) is 0.154. The van der Waals surface area contributed by atoms with Crippen LogP contribution in [0, 0.1) is 11.6 Å². The number of hydrogen-bond donors (Lipinski definition) is 0. The molecular formula is C16H14F2OS. The first-order valence-electron chi connectivity index (χ1n) is 6.32. The second-order valence-corrected chi connectivity index (χ2v) is 5.51. The molecule has 0 N–H and O–H groups in total. The molecule has 0 aliphatic heterocycles. The van der Waals surface area contributed by atoms with E-state index >= 15 is 0 Å². The van der Waals surface area contributed by atoms with Gasteiger partial charge in [-0.2, -0.15) is 0 Å². The van der Waals surface area contributed by atoms with Gasteiger partial charge in [0.2, 0.25) is 0 Å². The largest absolute Gasteiger partial charge is 0.294 e. The standard InChI is InChI=1S/C16H14F2OS/c17-13-8-6-12(7-9-13)16(19)5-2-10-20-15-4-1-3-14(18)11-15/h1,3-4,6-9,11H,2,5,10H2. The van der Waals surface area contributed by atoms with Crippen molar-refractivity contribution in [2.24, 2.45) is 0 Å². The maximum Gasteiger partial charge on any atom is 0.162 e. The van der Waals surface area contributed by atoms with Gasteiger partial charge in [0.1, 0.15) is 11.6 Å². The van der Waals surface area contributed by atoms with Crippen molar-refractivity contribution >= 4 is 17.5 Å². The van der Waals surface area contributed by atoms with Crippen LogP contribution < -0.4 is 0 Å². The summed E-state index contributed by atoms with van der Waals surface area (Å²) >= 11 is 1.52. The van der Waals surface area contributed by atoms with E-state index in [1.807, 2.05) is 6.07 Å². The van der Waals surface area contributed by atoms with Gasteiger partial charge in [-0.25, -0.2) is 8.78 Å². The van der Waals surface area contributed by atoms with E-state index in [0.29, 0.717) is 18.4 Å². The van der Waals surface area contributed by atoms with Gasteiger partial charge in [0.15, 0.2) is 5.78 Å². The Bertz CT molecular complexity index is 581. The van der Waals surface area contributed by atoms with Crippen molar-refractivity contribution in [2.45, 2.75) is 17.7 Å². The Labute approximate surface area is 121 Å². The molecule has 0 unspecified atom stereocenters. The highest BCUT2D eigenvalue weighted by molar-refractivity contribution is 7.99. The van der Waals surface area contributed by atoms with E-state index in [4.69, 9.17) is 0 Å². The molecule has 0 bridgehead atoms. The Hall–Kier alpha value is -1.68. The maximum atomic E-state index is 13.0. The lowest BCUT2D eigenvalue weighted by atomic mass is 10.1. The van der Waals surface area contributed by atoms with Crippen LogP contribution in [0.25, 0.3) is 0 Å². The van der Waals surface area contributed by atoms with Crippen LogP contribution in [0.5, 0.6) is 0 Å². The first-order chi connectivity index (χ1) is 9.65. The second-order valence-electron chi connectivity index (χ2n) is 4.34. The van der Waals surface area contributed by atoms with E-state index in [-0.39, 0.29) is 17.4 Å². The lowest BCUT2D eigenvalue weighted by molar-refractivity contribution is 0.0982. The predicted molar refractivity (Wildman–Crippen MR) is 77.1 cm³/mol. The van der Waals surface area contributed by atoms with Gasteiger partial charge in [0.25, 0.3) is 0 Å². The van der Waals surface area contributed by atoms with E-state index in [1.54, 1.807) is 6.07 Å². The molecule has 0 amide bonds. The molecule has 0 atom stereocenters. The van der Waals surface area contributed by atoms with Crippen LogP contribution >= 0.6 is 11.8 Å². The molecule has 2 aromatic carbocycles. The van der Waals surface area contributed by atoms with Gasteiger partial charge in [0, 0.05) is 16.9 Å². The molecule has 0 radical (unpaired) electrons. The Morgan fingerprint density at radius 2 is 1.75 bits per heavy atom. The molecule has 0 aliphatic rings. The molecule has 0 aliphatic carbocycles. The zero-order chi connectivity index (χ0) is 14.4. The summed E-state index contributed by atoms with van der Waals surface area (Å²) in [6.07, 6.45) is 1.12. The number of Topliss-reactive ketones (excluding diaryl/α,β-unsaturated/α-hetero) is 1. The van der Waals surface area contributed by atoms with Gasteiger partial charge < -0.3 is 0 Å². The van der Waals surface area contributed by atoms with E-state index in [1.165, 1.54) is 48.2 Å². The smallest absolute Gasteiger partial charge is 0.162 e. The van der Waals surface area contributed by atoms with E-state index < -0.39 is 0 Å². The van der Waals surface area contributed by atoms with Crippen LogP contribution in [0.2, 0.25) is 0 Å². The molecule has 0 fully saturated rings. The van der Waals surface area contributed by atoms with Crippen molar-refractivity contribution in [3.8, 4) is 0 Å². The summed E-state index contributed by atoms with van der Waals surface area (Å²) in [4.78, 5) is 12.7. The predicted octanol–water partition coefficient (Wildman–Crippen LogP) is 4.72. The minimum Gasteiger partial charge on any atom is -0.294 e. The molecule has 2 rings (SSSR count). The average Bonchev–Trinajstić information content (AvgIpc) is 2.44. The van der Waals surface area contributed by atoms with Crippen molar-refractivity contribution in [3.63, 3.8) is 0 Å². The van der Waals surface area contributed by atoms with Gasteiger partial charge in [-0.15, -0.1) is 11.8 Å². The maximum absolute atomic E-state index is 13.0. The molecule has 2 aromatic rings. The van der Waals surface area contributed by atoms with Crippen LogP contribution in [0.3, 0.4) is 0 Å². The lowest BCUT2D eigenvalue weighted by Gasteiger charge is -2.02.